The Morgan fingerprint density at radius 3 is 2.73 bits per heavy atom. The molecule has 0 unspecified atom stereocenters. The van der Waals surface area contributed by atoms with Crippen molar-refractivity contribution < 1.29 is 9.21 Å². The number of nitrogens with zero attached hydrogens (tertiary/aromatic N) is 1. The van der Waals surface area contributed by atoms with E-state index in [1.807, 2.05) is 54.8 Å². The highest BCUT2D eigenvalue weighted by atomic mass is 32.1. The minimum atomic E-state index is -0.214. The van der Waals surface area contributed by atoms with Crippen molar-refractivity contribution in [1.29, 1.82) is 0 Å². The van der Waals surface area contributed by atoms with E-state index in [1.54, 1.807) is 6.21 Å². The van der Waals surface area contributed by atoms with Crippen molar-refractivity contribution >= 4 is 23.5 Å². The number of hydrogen-bond acceptors (Lipinski definition) is 4. The molecule has 1 fully saturated rings. The molecule has 132 valence electrons. The van der Waals surface area contributed by atoms with Crippen LogP contribution in [-0.4, -0.2) is 12.1 Å². The molecule has 2 aromatic heterocycles. The number of rotatable bonds is 5. The van der Waals surface area contributed by atoms with Gasteiger partial charge in [-0.2, -0.15) is 5.10 Å². The molecule has 4 nitrogen and oxygen atoms in total. The molecular weight excluding hydrogens is 344 g/mol. The van der Waals surface area contributed by atoms with Crippen LogP contribution in [0.5, 0.6) is 0 Å². The molecule has 4 rings (SSSR count). The molecule has 1 amide bonds. The van der Waals surface area contributed by atoms with Crippen LogP contribution in [0.4, 0.5) is 0 Å². The zero-order chi connectivity index (χ0) is 18.1. The van der Waals surface area contributed by atoms with E-state index in [4.69, 9.17) is 4.42 Å². The maximum Gasteiger partial charge on any atom is 0.282 e. The van der Waals surface area contributed by atoms with Gasteiger partial charge in [0.15, 0.2) is 0 Å². The average molecular weight is 364 g/mol. The predicted octanol–water partition coefficient (Wildman–Crippen LogP) is 5.20. The van der Waals surface area contributed by atoms with E-state index in [-0.39, 0.29) is 5.91 Å². The summed E-state index contributed by atoms with van der Waals surface area (Å²) in [6, 6.07) is 14.0. The minimum absolute atomic E-state index is 0.214. The number of amides is 1. The van der Waals surface area contributed by atoms with Gasteiger partial charge in [0.2, 0.25) is 0 Å². The van der Waals surface area contributed by atoms with Crippen LogP contribution in [0.25, 0.3) is 11.1 Å². The largest absolute Gasteiger partial charge is 0.460 e. The Balaban J connectivity index is 1.43. The number of benzene rings is 1. The van der Waals surface area contributed by atoms with Crippen LogP contribution in [0.1, 0.15) is 46.0 Å². The summed E-state index contributed by atoms with van der Waals surface area (Å²) in [6.07, 6.45) is 2.73. The molecule has 0 saturated heterocycles. The number of thiophene rings is 1. The molecule has 3 aromatic rings. The molecular formula is C21H20N2O2S. The molecule has 1 aliphatic carbocycles. The number of furan rings is 1. The molecule has 0 bridgehead atoms. The number of carbonyl (C=O) groups is 1. The van der Waals surface area contributed by atoms with E-state index in [1.165, 1.54) is 23.3 Å². The number of hydrogen-bond donors (Lipinski definition) is 1. The molecule has 26 heavy (non-hydrogen) atoms. The zero-order valence-electron chi connectivity index (χ0n) is 14.7. The Morgan fingerprint density at radius 1 is 1.23 bits per heavy atom. The first-order valence-electron chi connectivity index (χ1n) is 8.69. The van der Waals surface area contributed by atoms with Gasteiger partial charge in [0, 0.05) is 11.5 Å². The van der Waals surface area contributed by atoms with Crippen molar-refractivity contribution in [3.8, 4) is 11.1 Å². The standard InChI is InChI=1S/C21H20N2O2S/c1-13-3-5-15(6-4-13)17-9-10-26-20(17)21(24)23-22-12-16-7-8-19(25-16)18-11-14(18)2/h3-10,12,14,18H,11H2,1-2H3,(H,23,24)/b22-12-/t14-,18+/m0/s1. The van der Waals surface area contributed by atoms with Gasteiger partial charge in [-0.15, -0.1) is 11.3 Å². The third-order valence-corrected chi connectivity index (χ3v) is 5.63. The average Bonchev–Trinajstić information content (AvgIpc) is 3.06. The van der Waals surface area contributed by atoms with Crippen molar-refractivity contribution in [2.45, 2.75) is 26.2 Å². The summed E-state index contributed by atoms with van der Waals surface area (Å²) >= 11 is 1.41. The third kappa shape index (κ3) is 3.48. The summed E-state index contributed by atoms with van der Waals surface area (Å²) in [5, 5.41) is 5.97. The van der Waals surface area contributed by atoms with E-state index >= 15 is 0 Å². The first-order chi connectivity index (χ1) is 12.6. The van der Waals surface area contributed by atoms with Gasteiger partial charge in [-0.3, -0.25) is 4.79 Å². The normalized spacial score (nSPS) is 19.0. The predicted molar refractivity (Wildman–Crippen MR) is 105 cm³/mol. The van der Waals surface area contributed by atoms with E-state index in [0.717, 1.165) is 16.9 Å². The molecule has 5 heteroatoms. The van der Waals surface area contributed by atoms with Crippen LogP contribution in [0.2, 0.25) is 0 Å². The molecule has 0 aliphatic heterocycles. The molecule has 0 radical (unpaired) electrons. The van der Waals surface area contributed by atoms with Gasteiger partial charge in [0.05, 0.1) is 6.21 Å². The summed E-state index contributed by atoms with van der Waals surface area (Å²) in [7, 11) is 0. The second-order valence-corrected chi connectivity index (χ2v) is 7.70. The van der Waals surface area contributed by atoms with Crippen LogP contribution >= 0.6 is 11.3 Å². The second kappa shape index (κ2) is 6.92. The van der Waals surface area contributed by atoms with Gasteiger partial charge < -0.3 is 4.42 Å². The molecule has 1 aliphatic rings. The number of aryl methyl sites for hydroxylation is 1. The van der Waals surface area contributed by atoms with Crippen LogP contribution < -0.4 is 5.43 Å². The Labute approximate surface area is 156 Å². The lowest BCUT2D eigenvalue weighted by Crippen LogP contribution is -2.16. The van der Waals surface area contributed by atoms with Gasteiger partial charge in [0.25, 0.3) is 5.91 Å². The highest BCUT2D eigenvalue weighted by Crippen LogP contribution is 2.47. The lowest BCUT2D eigenvalue weighted by molar-refractivity contribution is 0.0959. The number of carbonyl (C=O) groups excluding carboxylic acids is 1. The van der Waals surface area contributed by atoms with Gasteiger partial charge in [-0.25, -0.2) is 5.43 Å². The first-order valence-corrected chi connectivity index (χ1v) is 9.57. The molecule has 1 aromatic carbocycles. The van der Waals surface area contributed by atoms with Gasteiger partial charge in [-0.05, 0) is 48.4 Å². The van der Waals surface area contributed by atoms with Crippen molar-refractivity contribution in [3.63, 3.8) is 0 Å². The lowest BCUT2D eigenvalue weighted by atomic mass is 10.1. The highest BCUT2D eigenvalue weighted by Gasteiger charge is 2.36. The number of hydrazone groups is 1. The summed E-state index contributed by atoms with van der Waals surface area (Å²) in [5.41, 5.74) is 5.74. The quantitative estimate of drug-likeness (QED) is 0.499. The van der Waals surface area contributed by atoms with Crippen molar-refractivity contribution in [1.82, 2.24) is 5.43 Å². The van der Waals surface area contributed by atoms with Gasteiger partial charge in [0.1, 0.15) is 16.4 Å². The molecule has 2 heterocycles. The fraction of sp³-hybridized carbons (Fsp3) is 0.238. The van der Waals surface area contributed by atoms with Gasteiger partial charge in [-0.1, -0.05) is 36.8 Å². The molecule has 1 N–H and O–H groups in total. The summed E-state index contributed by atoms with van der Waals surface area (Å²) in [6.45, 7) is 4.26. The smallest absolute Gasteiger partial charge is 0.282 e. The first kappa shape index (κ1) is 16.8. The van der Waals surface area contributed by atoms with Crippen LogP contribution in [-0.2, 0) is 0 Å². The summed E-state index contributed by atoms with van der Waals surface area (Å²) in [5.74, 6) is 2.68. The van der Waals surface area contributed by atoms with Crippen molar-refractivity contribution in [2.75, 3.05) is 0 Å². The Bertz CT molecular complexity index is 953. The monoisotopic (exact) mass is 364 g/mol. The fourth-order valence-corrected chi connectivity index (χ4v) is 3.81. The zero-order valence-corrected chi connectivity index (χ0v) is 15.5. The Morgan fingerprint density at radius 2 is 2.00 bits per heavy atom. The number of nitrogens with one attached hydrogen (secondary N) is 1. The molecule has 2 atom stereocenters. The van der Waals surface area contributed by atoms with E-state index in [2.05, 4.69) is 17.5 Å². The molecule has 0 spiro atoms. The van der Waals surface area contributed by atoms with E-state index < -0.39 is 0 Å². The summed E-state index contributed by atoms with van der Waals surface area (Å²) in [4.78, 5) is 13.1. The summed E-state index contributed by atoms with van der Waals surface area (Å²) < 4.78 is 5.76. The van der Waals surface area contributed by atoms with Crippen LogP contribution in [0.3, 0.4) is 0 Å². The Hall–Kier alpha value is -2.66. The van der Waals surface area contributed by atoms with Crippen LogP contribution in [0, 0.1) is 12.8 Å². The minimum Gasteiger partial charge on any atom is -0.460 e. The van der Waals surface area contributed by atoms with Crippen LogP contribution in [0.15, 0.2) is 57.4 Å². The highest BCUT2D eigenvalue weighted by molar-refractivity contribution is 7.12. The lowest BCUT2D eigenvalue weighted by Gasteiger charge is -2.03. The maximum atomic E-state index is 12.5. The van der Waals surface area contributed by atoms with Crippen molar-refractivity contribution in [2.24, 2.45) is 11.0 Å². The second-order valence-electron chi connectivity index (χ2n) is 6.79. The van der Waals surface area contributed by atoms with E-state index in [0.29, 0.717) is 22.5 Å². The van der Waals surface area contributed by atoms with E-state index in [9.17, 15) is 4.79 Å². The fourth-order valence-electron chi connectivity index (χ4n) is 3.01. The van der Waals surface area contributed by atoms with Crippen molar-refractivity contribution in [3.05, 3.63) is 69.8 Å². The topological polar surface area (TPSA) is 54.6 Å². The SMILES string of the molecule is Cc1ccc(-c2ccsc2C(=O)N/N=C\c2ccc([C@@H]3C[C@@H]3C)o2)cc1. The molecule has 1 saturated carbocycles. The Kier molecular flexibility index (Phi) is 4.47. The van der Waals surface area contributed by atoms with Gasteiger partial charge >= 0.3 is 0 Å². The third-order valence-electron chi connectivity index (χ3n) is 4.71. The maximum absolute atomic E-state index is 12.5.